The van der Waals surface area contributed by atoms with E-state index in [1.54, 1.807) is 0 Å². The largest absolute Gasteiger partial charge is 0.472 e. The molecule has 0 spiro atoms. The molecule has 18 unspecified atom stereocenters. The average molecular weight is 1380 g/mol. The lowest BCUT2D eigenvalue weighted by Crippen LogP contribution is -2.69. The zero-order chi connectivity index (χ0) is 69.6. The molecule has 3 aliphatic rings. The number of aliphatic hydroxyl groups excluding tert-OH is 10. The minimum Gasteiger partial charge on any atom is -0.463 e. The Morgan fingerprint density at radius 2 is 0.737 bits per heavy atom. The summed E-state index contributed by atoms with van der Waals surface area (Å²) in [6.07, 6.45) is 11.2. The molecule has 1 aliphatic carbocycles. The van der Waals surface area contributed by atoms with Crippen molar-refractivity contribution in [2.45, 2.75) is 375 Å². The summed E-state index contributed by atoms with van der Waals surface area (Å²) >= 11 is 0. The van der Waals surface area contributed by atoms with Gasteiger partial charge in [0.2, 0.25) is 0 Å². The molecule has 3 fully saturated rings. The summed E-state index contributed by atoms with van der Waals surface area (Å²) in [7, 11) is -5.70. The van der Waals surface area contributed by atoms with E-state index < -0.39 is 156 Å². The van der Waals surface area contributed by atoms with Crippen LogP contribution in [0.1, 0.15) is 271 Å². The van der Waals surface area contributed by atoms with Crippen LogP contribution in [-0.2, 0) is 61.2 Å². The number of ether oxygens (including phenoxy) is 7. The molecule has 2 saturated heterocycles. The van der Waals surface area contributed by atoms with E-state index in [9.17, 15) is 74.9 Å². The molecule has 3 rings (SSSR count). The highest BCUT2D eigenvalue weighted by Gasteiger charge is 2.58. The maximum Gasteiger partial charge on any atom is 0.472 e. The number of carbonyl (C=O) groups excluding carboxylic acids is 3. The van der Waals surface area contributed by atoms with E-state index in [4.69, 9.17) is 42.2 Å². The number of phosphoric acid groups is 1. The number of hydrogen-bond donors (Lipinski definition) is 11. The standard InChI is InChI=1S/C70H127O24P/c1-4-7-10-13-16-19-22-24-26-28-30-33-36-39-42-45-55(73)87-50-53-58(76)60(78)65(83)70(91-53)93-67-63(81)61(79)62(80)66(92-69-64(82)59(77)57(75)52(47-71)90-69)68(67)94-95(84,85)88-49-51(48-86-54(72)44-41-38-35-32-29-21-18-15-12-9-6-3)89-56(74)46-43-40-37-34-31-27-25-23-20-17-14-11-8-5-2/h19,22,27,31,51-53,57-71,75-83H,4-18,20-21,23-26,28-30,32-50H2,1-3H3,(H,84,85)/b22-19-,31-27-. The number of allylic oxidation sites excluding steroid dienone is 4. The quantitative estimate of drug-likeness (QED) is 0.00887. The van der Waals surface area contributed by atoms with Crippen molar-refractivity contribution in [1.29, 1.82) is 0 Å². The van der Waals surface area contributed by atoms with Crippen LogP contribution in [-0.4, -0.2) is 204 Å². The zero-order valence-corrected chi connectivity index (χ0v) is 58.6. The monoisotopic (exact) mass is 1380 g/mol. The van der Waals surface area contributed by atoms with Gasteiger partial charge in [-0.15, -0.1) is 0 Å². The van der Waals surface area contributed by atoms with Gasteiger partial charge in [-0.05, 0) is 70.6 Å². The zero-order valence-electron chi connectivity index (χ0n) is 57.7. The highest BCUT2D eigenvalue weighted by atomic mass is 31.2. The molecular weight excluding hydrogens is 1260 g/mol. The van der Waals surface area contributed by atoms with Crippen LogP contribution in [0.25, 0.3) is 0 Å². The van der Waals surface area contributed by atoms with Crippen LogP contribution in [0.3, 0.4) is 0 Å². The number of phosphoric ester groups is 1. The van der Waals surface area contributed by atoms with Gasteiger partial charge in [0.15, 0.2) is 18.7 Å². The summed E-state index contributed by atoms with van der Waals surface area (Å²) in [5, 5.41) is 110. The van der Waals surface area contributed by atoms with Crippen LogP contribution in [0.15, 0.2) is 24.3 Å². The van der Waals surface area contributed by atoms with Gasteiger partial charge in [0.25, 0.3) is 0 Å². The fourth-order valence-corrected chi connectivity index (χ4v) is 12.9. The predicted octanol–water partition coefficient (Wildman–Crippen LogP) is 9.35. The second-order valence-electron chi connectivity index (χ2n) is 26.3. The molecule has 95 heavy (non-hydrogen) atoms. The lowest BCUT2D eigenvalue weighted by molar-refractivity contribution is -0.360. The summed E-state index contributed by atoms with van der Waals surface area (Å²) in [4.78, 5) is 50.9. The van der Waals surface area contributed by atoms with Crippen LogP contribution >= 0.6 is 7.82 Å². The predicted molar refractivity (Wildman–Crippen MR) is 356 cm³/mol. The Kier molecular flexibility index (Phi) is 47.8. The highest BCUT2D eigenvalue weighted by Crippen LogP contribution is 2.49. The molecular formula is C70H127O24P. The highest BCUT2D eigenvalue weighted by molar-refractivity contribution is 7.47. The molecule has 2 aliphatic heterocycles. The molecule has 1 saturated carbocycles. The first-order chi connectivity index (χ1) is 45.8. The van der Waals surface area contributed by atoms with Gasteiger partial charge in [0, 0.05) is 19.3 Å². The van der Waals surface area contributed by atoms with Gasteiger partial charge >= 0.3 is 25.7 Å². The van der Waals surface area contributed by atoms with Gasteiger partial charge in [-0.25, -0.2) is 4.57 Å². The second kappa shape index (κ2) is 52.4. The van der Waals surface area contributed by atoms with E-state index in [1.165, 1.54) is 96.3 Å². The molecule has 0 aromatic carbocycles. The lowest BCUT2D eigenvalue weighted by Gasteiger charge is -2.49. The Morgan fingerprint density at radius 1 is 0.400 bits per heavy atom. The van der Waals surface area contributed by atoms with E-state index in [0.29, 0.717) is 25.7 Å². The third-order valence-electron chi connectivity index (χ3n) is 18.0. The topological polar surface area (TPSA) is 374 Å². The first-order valence-electron chi connectivity index (χ1n) is 36.6. The van der Waals surface area contributed by atoms with Gasteiger partial charge in [-0.1, -0.05) is 206 Å². The Balaban J connectivity index is 1.75. The molecule has 11 N–H and O–H groups in total. The van der Waals surface area contributed by atoms with Gasteiger partial charge < -0.3 is 89.1 Å². The van der Waals surface area contributed by atoms with E-state index >= 15 is 0 Å². The van der Waals surface area contributed by atoms with Crippen molar-refractivity contribution in [3.05, 3.63) is 24.3 Å². The maximum absolute atomic E-state index is 14.3. The van der Waals surface area contributed by atoms with Gasteiger partial charge in [-0.3, -0.25) is 23.4 Å². The van der Waals surface area contributed by atoms with Crippen molar-refractivity contribution in [1.82, 2.24) is 0 Å². The Labute approximate surface area is 566 Å². The van der Waals surface area contributed by atoms with Crippen molar-refractivity contribution in [2.75, 3.05) is 26.4 Å². The molecule has 0 aromatic rings. The van der Waals surface area contributed by atoms with Crippen molar-refractivity contribution < 1.29 is 117 Å². The van der Waals surface area contributed by atoms with Crippen molar-refractivity contribution >= 4 is 25.7 Å². The fraction of sp³-hybridized carbons (Fsp3) is 0.900. The van der Waals surface area contributed by atoms with Crippen LogP contribution in [0.5, 0.6) is 0 Å². The maximum atomic E-state index is 14.3. The number of carbonyl (C=O) groups is 3. The first-order valence-corrected chi connectivity index (χ1v) is 38.1. The molecule has 0 amide bonds. The van der Waals surface area contributed by atoms with Crippen molar-refractivity contribution in [2.24, 2.45) is 0 Å². The van der Waals surface area contributed by atoms with Crippen molar-refractivity contribution in [3.8, 4) is 0 Å². The molecule has 556 valence electrons. The molecule has 0 radical (unpaired) electrons. The normalized spacial score (nSPS) is 28.2. The third-order valence-corrected chi connectivity index (χ3v) is 18.9. The van der Waals surface area contributed by atoms with E-state index in [1.807, 2.05) is 0 Å². The van der Waals surface area contributed by atoms with Gasteiger partial charge in [0.1, 0.15) is 98.7 Å². The number of esters is 3. The number of aliphatic hydroxyl groups is 10. The Hall–Kier alpha value is -2.56. The summed E-state index contributed by atoms with van der Waals surface area (Å²) in [5.74, 6) is -2.01. The number of unbranched alkanes of at least 4 members (excludes halogenated alkanes) is 31. The first kappa shape index (κ1) is 86.7. The minimum atomic E-state index is -5.70. The van der Waals surface area contributed by atoms with E-state index in [-0.39, 0.29) is 19.3 Å². The minimum absolute atomic E-state index is 0.0229. The van der Waals surface area contributed by atoms with Crippen LogP contribution < -0.4 is 0 Å². The molecule has 25 heteroatoms. The Morgan fingerprint density at radius 3 is 1.16 bits per heavy atom. The summed E-state index contributed by atoms with van der Waals surface area (Å²) in [5.41, 5.74) is 0. The second-order valence-corrected chi connectivity index (χ2v) is 27.7. The summed E-state index contributed by atoms with van der Waals surface area (Å²) in [6, 6.07) is 0. The smallest absolute Gasteiger partial charge is 0.463 e. The lowest BCUT2D eigenvalue weighted by atomic mass is 9.84. The van der Waals surface area contributed by atoms with Crippen LogP contribution in [0, 0.1) is 0 Å². The van der Waals surface area contributed by atoms with Gasteiger partial charge in [-0.2, -0.15) is 0 Å². The summed E-state index contributed by atoms with van der Waals surface area (Å²) in [6.45, 7) is 3.39. The molecule has 0 aromatic heterocycles. The van der Waals surface area contributed by atoms with E-state index in [2.05, 4.69) is 45.1 Å². The van der Waals surface area contributed by atoms with Crippen LogP contribution in [0.4, 0.5) is 0 Å². The molecule has 24 nitrogen and oxygen atoms in total. The molecule has 2 heterocycles. The third kappa shape index (κ3) is 36.1. The van der Waals surface area contributed by atoms with Crippen molar-refractivity contribution in [3.63, 3.8) is 0 Å². The average Bonchev–Trinajstić information content (AvgIpc) is 0.764. The van der Waals surface area contributed by atoms with E-state index in [0.717, 1.165) is 109 Å². The Bertz CT molecular complexity index is 2070. The molecule has 0 bridgehead atoms. The number of hydrogen-bond acceptors (Lipinski definition) is 23. The van der Waals surface area contributed by atoms with Crippen LogP contribution in [0.2, 0.25) is 0 Å². The summed E-state index contributed by atoms with van der Waals surface area (Å²) < 4.78 is 64.9. The SMILES string of the molecule is CCCCCC/C=C\CCCCCCCCCC(=O)OCC1OC(OC2C(O)C(O)C(O)C(OC3OC(CO)C(O)C(O)C3O)C2OP(=O)(O)OCC(COC(=O)CCCCCCCCCCCCC)OC(=O)CCCCC/C=C\CCCCCCCCC)C(O)C(O)C1O. The fourth-order valence-electron chi connectivity index (χ4n) is 11.9. The molecule has 18 atom stereocenters. The van der Waals surface area contributed by atoms with Gasteiger partial charge in [0.05, 0.1) is 13.2 Å². The number of rotatable bonds is 56.